The van der Waals surface area contributed by atoms with Crippen molar-refractivity contribution >= 4 is 28.3 Å². The Morgan fingerprint density at radius 1 is 1.38 bits per heavy atom. The second-order valence-electron chi connectivity index (χ2n) is 3.49. The summed E-state index contributed by atoms with van der Waals surface area (Å²) in [5.41, 5.74) is 7.45. The van der Waals surface area contributed by atoms with Crippen molar-refractivity contribution in [2.75, 3.05) is 6.54 Å². The molecule has 2 rings (SSSR count). The van der Waals surface area contributed by atoms with E-state index >= 15 is 0 Å². The molecule has 0 aliphatic heterocycles. The summed E-state index contributed by atoms with van der Waals surface area (Å²) >= 11 is 3.47. The average Bonchev–Trinajstić information content (AvgIpc) is 2.84. The van der Waals surface area contributed by atoms with Crippen LogP contribution in [0.3, 0.4) is 0 Å². The van der Waals surface area contributed by atoms with Crippen molar-refractivity contribution in [2.45, 2.75) is 18.3 Å². The Labute approximate surface area is 93.2 Å². The van der Waals surface area contributed by atoms with Gasteiger partial charge in [0.2, 0.25) is 0 Å². The van der Waals surface area contributed by atoms with Gasteiger partial charge in [-0.3, -0.25) is 0 Å². The molecule has 0 aromatic heterocycles. The first-order valence-corrected chi connectivity index (χ1v) is 5.02. The van der Waals surface area contributed by atoms with Crippen LogP contribution in [0, 0.1) is 0 Å². The summed E-state index contributed by atoms with van der Waals surface area (Å²) in [6.45, 7) is 0.781. The number of benzene rings is 1. The highest BCUT2D eigenvalue weighted by molar-refractivity contribution is 9.10. The zero-order valence-corrected chi connectivity index (χ0v) is 9.70. The first-order chi connectivity index (χ1) is 5.77. The molecule has 1 aromatic rings. The van der Waals surface area contributed by atoms with Gasteiger partial charge in [0, 0.05) is 16.4 Å². The van der Waals surface area contributed by atoms with Gasteiger partial charge in [0.25, 0.3) is 0 Å². The number of rotatable bonds is 2. The Bertz CT molecular complexity index is 297. The molecular formula is C10H13BrClN. The van der Waals surface area contributed by atoms with E-state index in [2.05, 4.69) is 40.2 Å². The summed E-state index contributed by atoms with van der Waals surface area (Å²) < 4.78 is 1.15. The number of hydrogen-bond acceptors (Lipinski definition) is 1. The lowest BCUT2D eigenvalue weighted by Gasteiger charge is -2.12. The molecule has 0 heterocycles. The van der Waals surface area contributed by atoms with Crippen molar-refractivity contribution in [1.29, 1.82) is 0 Å². The molecule has 1 nitrogen and oxygen atoms in total. The lowest BCUT2D eigenvalue weighted by Crippen LogP contribution is -2.19. The molecule has 1 fully saturated rings. The smallest absolute Gasteiger partial charge is 0.0178 e. The van der Waals surface area contributed by atoms with E-state index in [0.717, 1.165) is 11.0 Å². The van der Waals surface area contributed by atoms with Crippen molar-refractivity contribution in [3.63, 3.8) is 0 Å². The lowest BCUT2D eigenvalue weighted by atomic mass is 9.96. The number of hydrogen-bond donors (Lipinski definition) is 1. The molecule has 3 heteroatoms. The van der Waals surface area contributed by atoms with E-state index < -0.39 is 0 Å². The van der Waals surface area contributed by atoms with Crippen LogP contribution in [0.1, 0.15) is 18.4 Å². The molecule has 0 saturated heterocycles. The van der Waals surface area contributed by atoms with Crippen molar-refractivity contribution in [1.82, 2.24) is 0 Å². The van der Waals surface area contributed by atoms with Gasteiger partial charge < -0.3 is 5.73 Å². The largest absolute Gasteiger partial charge is 0.330 e. The lowest BCUT2D eigenvalue weighted by molar-refractivity contribution is 0.704. The third-order valence-electron chi connectivity index (χ3n) is 2.68. The molecule has 0 radical (unpaired) electrons. The van der Waals surface area contributed by atoms with Gasteiger partial charge in [-0.1, -0.05) is 28.1 Å². The average molecular weight is 263 g/mol. The zero-order valence-electron chi connectivity index (χ0n) is 7.29. The van der Waals surface area contributed by atoms with Crippen molar-refractivity contribution in [3.05, 3.63) is 34.3 Å². The zero-order chi connectivity index (χ0) is 8.60. The molecule has 0 amide bonds. The fourth-order valence-corrected chi connectivity index (χ4v) is 1.98. The Balaban J connectivity index is 0.000000845. The predicted molar refractivity (Wildman–Crippen MR) is 61.4 cm³/mol. The summed E-state index contributed by atoms with van der Waals surface area (Å²) in [6.07, 6.45) is 2.50. The van der Waals surface area contributed by atoms with Crippen LogP contribution in [0.25, 0.3) is 0 Å². The van der Waals surface area contributed by atoms with Crippen LogP contribution in [0.2, 0.25) is 0 Å². The van der Waals surface area contributed by atoms with Gasteiger partial charge in [0.15, 0.2) is 0 Å². The normalized spacial score (nSPS) is 17.7. The summed E-state index contributed by atoms with van der Waals surface area (Å²) in [7, 11) is 0. The van der Waals surface area contributed by atoms with Crippen LogP contribution in [-0.4, -0.2) is 6.54 Å². The monoisotopic (exact) mass is 261 g/mol. The van der Waals surface area contributed by atoms with Crippen molar-refractivity contribution in [3.8, 4) is 0 Å². The van der Waals surface area contributed by atoms with Crippen LogP contribution < -0.4 is 5.73 Å². The molecule has 0 bridgehead atoms. The maximum Gasteiger partial charge on any atom is 0.0178 e. The molecule has 0 spiro atoms. The minimum absolute atomic E-state index is 0. The third-order valence-corrected chi connectivity index (χ3v) is 3.17. The van der Waals surface area contributed by atoms with Crippen LogP contribution in [-0.2, 0) is 5.41 Å². The van der Waals surface area contributed by atoms with Gasteiger partial charge in [0.05, 0.1) is 0 Å². The van der Waals surface area contributed by atoms with E-state index in [-0.39, 0.29) is 12.4 Å². The molecule has 1 saturated carbocycles. The standard InChI is InChI=1S/C10H12BrN.ClH/c11-9-3-1-2-8(6-9)10(7-12)4-5-10;/h1-3,6H,4-5,7,12H2;1H. The predicted octanol–water partition coefficient (Wildman–Crippen LogP) is 2.86. The Morgan fingerprint density at radius 3 is 2.54 bits per heavy atom. The molecule has 13 heavy (non-hydrogen) atoms. The number of halogens is 2. The minimum Gasteiger partial charge on any atom is -0.330 e. The van der Waals surface area contributed by atoms with Crippen LogP contribution in [0.15, 0.2) is 28.7 Å². The molecule has 0 atom stereocenters. The van der Waals surface area contributed by atoms with Gasteiger partial charge in [-0.05, 0) is 30.5 Å². The molecule has 0 unspecified atom stereocenters. The molecule has 1 aliphatic rings. The molecule has 2 N–H and O–H groups in total. The van der Waals surface area contributed by atoms with Gasteiger partial charge in [-0.15, -0.1) is 12.4 Å². The summed E-state index contributed by atoms with van der Waals surface area (Å²) in [4.78, 5) is 0. The number of nitrogens with two attached hydrogens (primary N) is 1. The summed E-state index contributed by atoms with van der Waals surface area (Å²) in [5.74, 6) is 0. The first-order valence-electron chi connectivity index (χ1n) is 4.23. The van der Waals surface area contributed by atoms with E-state index in [1.165, 1.54) is 18.4 Å². The highest BCUT2D eigenvalue weighted by atomic mass is 79.9. The summed E-state index contributed by atoms with van der Waals surface area (Å²) in [6, 6.07) is 8.48. The second-order valence-corrected chi connectivity index (χ2v) is 4.41. The Morgan fingerprint density at radius 2 is 2.08 bits per heavy atom. The maximum absolute atomic E-state index is 5.74. The topological polar surface area (TPSA) is 26.0 Å². The van der Waals surface area contributed by atoms with Crippen molar-refractivity contribution in [2.24, 2.45) is 5.73 Å². The van der Waals surface area contributed by atoms with E-state index in [0.29, 0.717) is 5.41 Å². The molecule has 72 valence electrons. The van der Waals surface area contributed by atoms with Crippen LogP contribution in [0.4, 0.5) is 0 Å². The molecular weight excluding hydrogens is 249 g/mol. The Kier molecular flexibility index (Phi) is 3.38. The summed E-state index contributed by atoms with van der Waals surface area (Å²) in [5, 5.41) is 0. The third kappa shape index (κ3) is 2.06. The fourth-order valence-electron chi connectivity index (χ4n) is 1.58. The maximum atomic E-state index is 5.74. The molecule has 1 aliphatic carbocycles. The van der Waals surface area contributed by atoms with E-state index in [1.54, 1.807) is 0 Å². The van der Waals surface area contributed by atoms with Gasteiger partial charge >= 0.3 is 0 Å². The first kappa shape index (κ1) is 11.0. The Hall–Kier alpha value is -0.0500. The van der Waals surface area contributed by atoms with E-state index in [1.807, 2.05) is 0 Å². The fraction of sp³-hybridized carbons (Fsp3) is 0.400. The molecule has 1 aromatic carbocycles. The second kappa shape index (κ2) is 3.99. The SMILES string of the molecule is Cl.NCC1(c2cccc(Br)c2)CC1. The van der Waals surface area contributed by atoms with E-state index in [4.69, 9.17) is 5.73 Å². The van der Waals surface area contributed by atoms with Crippen LogP contribution >= 0.6 is 28.3 Å². The van der Waals surface area contributed by atoms with E-state index in [9.17, 15) is 0 Å². The van der Waals surface area contributed by atoms with Crippen LogP contribution in [0.5, 0.6) is 0 Å². The van der Waals surface area contributed by atoms with Gasteiger partial charge in [0.1, 0.15) is 0 Å². The van der Waals surface area contributed by atoms with Crippen molar-refractivity contribution < 1.29 is 0 Å². The quantitative estimate of drug-likeness (QED) is 0.871. The highest BCUT2D eigenvalue weighted by Crippen LogP contribution is 2.47. The minimum atomic E-state index is 0. The highest BCUT2D eigenvalue weighted by Gasteiger charge is 2.42. The van der Waals surface area contributed by atoms with Gasteiger partial charge in [-0.2, -0.15) is 0 Å². The van der Waals surface area contributed by atoms with Gasteiger partial charge in [-0.25, -0.2) is 0 Å².